The van der Waals surface area contributed by atoms with Gasteiger partial charge in [-0.1, -0.05) is 49.1 Å². The summed E-state index contributed by atoms with van der Waals surface area (Å²) in [6.07, 6.45) is 7.55. The molecule has 0 atom stereocenters. The van der Waals surface area contributed by atoms with Gasteiger partial charge in [-0.3, -0.25) is 14.5 Å². The van der Waals surface area contributed by atoms with Gasteiger partial charge in [-0.25, -0.2) is 0 Å². The summed E-state index contributed by atoms with van der Waals surface area (Å²) in [5.41, 5.74) is 3.03. The van der Waals surface area contributed by atoms with Crippen LogP contribution in [0.25, 0.3) is 6.08 Å². The summed E-state index contributed by atoms with van der Waals surface area (Å²) in [7, 11) is 1.59. The fourth-order valence-electron chi connectivity index (χ4n) is 4.24. The molecule has 5 nitrogen and oxygen atoms in total. The molecule has 0 bridgehead atoms. The zero-order chi connectivity index (χ0) is 23.4. The van der Waals surface area contributed by atoms with Gasteiger partial charge in [0.1, 0.15) is 6.61 Å². The second-order valence-corrected chi connectivity index (χ2v) is 10.5. The van der Waals surface area contributed by atoms with E-state index in [2.05, 4.69) is 28.1 Å². The third-order valence-corrected chi connectivity index (χ3v) is 7.59. The lowest BCUT2D eigenvalue weighted by Gasteiger charge is -2.25. The van der Waals surface area contributed by atoms with Crippen molar-refractivity contribution in [3.63, 3.8) is 0 Å². The Kier molecular flexibility index (Phi) is 7.81. The number of imide groups is 1. The van der Waals surface area contributed by atoms with Crippen LogP contribution in [0.1, 0.15) is 48.8 Å². The molecule has 0 aromatic heterocycles. The fraction of sp³-hybridized carbons (Fsp3) is 0.385. The molecule has 2 amide bonds. The SMILES string of the molecule is COc1cc(/C=C2/SC(=O)N(CC3CCCCC3)C2=O)cc(Br)c1OCc1ccc(C)cc1. The number of rotatable bonds is 7. The summed E-state index contributed by atoms with van der Waals surface area (Å²) < 4.78 is 12.3. The van der Waals surface area contributed by atoms with Crippen molar-refractivity contribution >= 4 is 44.9 Å². The first-order valence-electron chi connectivity index (χ1n) is 11.3. The van der Waals surface area contributed by atoms with Crippen LogP contribution in [0.3, 0.4) is 0 Å². The van der Waals surface area contributed by atoms with E-state index in [1.54, 1.807) is 13.2 Å². The van der Waals surface area contributed by atoms with Gasteiger partial charge < -0.3 is 9.47 Å². The first-order valence-corrected chi connectivity index (χ1v) is 12.9. The Bertz CT molecular complexity index is 1060. The van der Waals surface area contributed by atoms with Gasteiger partial charge in [-0.05, 0) is 82.7 Å². The molecule has 0 spiro atoms. The Morgan fingerprint density at radius 1 is 1.12 bits per heavy atom. The summed E-state index contributed by atoms with van der Waals surface area (Å²) in [6.45, 7) is 2.99. The van der Waals surface area contributed by atoms with Crippen LogP contribution in [0.4, 0.5) is 4.79 Å². The van der Waals surface area contributed by atoms with E-state index in [0.717, 1.165) is 40.2 Å². The Hall–Kier alpha value is -2.25. The highest BCUT2D eigenvalue weighted by atomic mass is 79.9. The molecule has 2 aliphatic rings. The largest absolute Gasteiger partial charge is 0.493 e. The molecule has 7 heteroatoms. The average molecular weight is 530 g/mol. The quantitative estimate of drug-likeness (QED) is 0.362. The fourth-order valence-corrected chi connectivity index (χ4v) is 5.66. The van der Waals surface area contributed by atoms with Crippen molar-refractivity contribution in [1.29, 1.82) is 0 Å². The zero-order valence-corrected chi connectivity index (χ0v) is 21.3. The molecule has 2 aromatic carbocycles. The van der Waals surface area contributed by atoms with E-state index >= 15 is 0 Å². The molecule has 0 unspecified atom stereocenters. The standard InChI is InChI=1S/C26H28BrNO4S/c1-17-8-10-19(11-9-17)16-32-24-21(27)12-20(13-22(24)31-2)14-23-25(29)28(26(30)33-23)15-18-6-4-3-5-7-18/h8-14,18H,3-7,15-16H2,1-2H3/b23-14+. The predicted octanol–water partition coefficient (Wildman–Crippen LogP) is 6.96. The molecular weight excluding hydrogens is 502 g/mol. The number of carbonyl (C=O) groups is 2. The molecule has 1 aliphatic carbocycles. The number of aryl methyl sites for hydroxylation is 1. The van der Waals surface area contributed by atoms with Gasteiger partial charge in [0.05, 0.1) is 16.5 Å². The van der Waals surface area contributed by atoms with Gasteiger partial charge in [-0.2, -0.15) is 0 Å². The van der Waals surface area contributed by atoms with Gasteiger partial charge in [0.15, 0.2) is 11.5 Å². The number of halogens is 1. The minimum absolute atomic E-state index is 0.180. The zero-order valence-electron chi connectivity index (χ0n) is 18.9. The lowest BCUT2D eigenvalue weighted by Crippen LogP contribution is -2.34. The van der Waals surface area contributed by atoms with Crippen molar-refractivity contribution in [2.24, 2.45) is 5.92 Å². The Morgan fingerprint density at radius 2 is 1.85 bits per heavy atom. The minimum atomic E-state index is -0.203. The van der Waals surface area contributed by atoms with Crippen LogP contribution in [-0.2, 0) is 11.4 Å². The Balaban J connectivity index is 1.49. The van der Waals surface area contributed by atoms with E-state index in [4.69, 9.17) is 9.47 Å². The number of carbonyl (C=O) groups excluding carboxylic acids is 2. The van der Waals surface area contributed by atoms with Gasteiger partial charge in [0.25, 0.3) is 11.1 Å². The van der Waals surface area contributed by atoms with Gasteiger partial charge in [-0.15, -0.1) is 0 Å². The van der Waals surface area contributed by atoms with Crippen molar-refractivity contribution in [2.45, 2.75) is 45.6 Å². The normalized spacial score (nSPS) is 18.3. The van der Waals surface area contributed by atoms with E-state index in [1.165, 1.54) is 29.7 Å². The number of amides is 2. The molecule has 4 rings (SSSR count). The van der Waals surface area contributed by atoms with E-state index in [0.29, 0.717) is 35.5 Å². The van der Waals surface area contributed by atoms with E-state index in [9.17, 15) is 9.59 Å². The molecule has 1 aliphatic heterocycles. The molecule has 2 fully saturated rings. The molecular formula is C26H28BrNO4S. The topological polar surface area (TPSA) is 55.8 Å². The van der Waals surface area contributed by atoms with Crippen LogP contribution in [0.15, 0.2) is 45.8 Å². The molecule has 0 radical (unpaired) electrons. The van der Waals surface area contributed by atoms with Crippen LogP contribution in [-0.4, -0.2) is 29.7 Å². The van der Waals surface area contributed by atoms with Crippen molar-refractivity contribution < 1.29 is 19.1 Å². The summed E-state index contributed by atoms with van der Waals surface area (Å²) in [5, 5.41) is -0.180. The molecule has 1 saturated heterocycles. The van der Waals surface area contributed by atoms with Crippen molar-refractivity contribution in [3.05, 3.63) is 62.5 Å². The number of nitrogens with zero attached hydrogens (tertiary/aromatic N) is 1. The monoisotopic (exact) mass is 529 g/mol. The molecule has 33 heavy (non-hydrogen) atoms. The average Bonchev–Trinajstić information content (AvgIpc) is 3.07. The number of hydrogen-bond acceptors (Lipinski definition) is 5. The van der Waals surface area contributed by atoms with Crippen molar-refractivity contribution in [2.75, 3.05) is 13.7 Å². The first kappa shape index (κ1) is 23.9. The number of ether oxygens (including phenoxy) is 2. The lowest BCUT2D eigenvalue weighted by molar-refractivity contribution is -0.123. The maximum absolute atomic E-state index is 12.9. The van der Waals surface area contributed by atoms with Crippen molar-refractivity contribution in [1.82, 2.24) is 4.90 Å². The third-order valence-electron chi connectivity index (χ3n) is 6.09. The molecule has 2 aromatic rings. The van der Waals surface area contributed by atoms with Crippen LogP contribution < -0.4 is 9.47 Å². The van der Waals surface area contributed by atoms with Crippen molar-refractivity contribution in [3.8, 4) is 11.5 Å². The van der Waals surface area contributed by atoms with E-state index < -0.39 is 0 Å². The highest BCUT2D eigenvalue weighted by Crippen LogP contribution is 2.40. The minimum Gasteiger partial charge on any atom is -0.493 e. The highest BCUT2D eigenvalue weighted by molar-refractivity contribution is 9.10. The molecule has 174 valence electrons. The molecule has 0 N–H and O–H groups in total. The van der Waals surface area contributed by atoms with Crippen LogP contribution in [0.5, 0.6) is 11.5 Å². The number of methoxy groups -OCH3 is 1. The summed E-state index contributed by atoms with van der Waals surface area (Å²) in [6, 6.07) is 11.9. The van der Waals surface area contributed by atoms with Crippen LogP contribution in [0.2, 0.25) is 0 Å². The number of thioether (sulfide) groups is 1. The summed E-state index contributed by atoms with van der Waals surface area (Å²) in [5.74, 6) is 1.38. The van der Waals surface area contributed by atoms with E-state index in [-0.39, 0.29) is 11.1 Å². The predicted molar refractivity (Wildman–Crippen MR) is 135 cm³/mol. The maximum atomic E-state index is 12.9. The Morgan fingerprint density at radius 3 is 2.55 bits per heavy atom. The van der Waals surface area contributed by atoms with Gasteiger partial charge in [0.2, 0.25) is 0 Å². The maximum Gasteiger partial charge on any atom is 0.293 e. The smallest absolute Gasteiger partial charge is 0.293 e. The number of benzene rings is 2. The molecule has 1 heterocycles. The second kappa shape index (κ2) is 10.8. The first-order chi connectivity index (χ1) is 15.9. The third kappa shape index (κ3) is 5.82. The summed E-state index contributed by atoms with van der Waals surface area (Å²) in [4.78, 5) is 27.3. The highest BCUT2D eigenvalue weighted by Gasteiger charge is 2.36. The van der Waals surface area contributed by atoms with Crippen LogP contribution in [0, 0.1) is 12.8 Å². The second-order valence-electron chi connectivity index (χ2n) is 8.60. The number of hydrogen-bond donors (Lipinski definition) is 0. The Labute approximate surface area is 207 Å². The van der Waals surface area contributed by atoms with Crippen LogP contribution >= 0.6 is 27.7 Å². The van der Waals surface area contributed by atoms with E-state index in [1.807, 2.05) is 31.2 Å². The summed E-state index contributed by atoms with van der Waals surface area (Å²) >= 11 is 4.58. The van der Waals surface area contributed by atoms with Gasteiger partial charge >= 0.3 is 0 Å². The van der Waals surface area contributed by atoms with Gasteiger partial charge in [0, 0.05) is 6.54 Å². The lowest BCUT2D eigenvalue weighted by atomic mass is 9.89. The molecule has 1 saturated carbocycles.